The first kappa shape index (κ1) is 102. The number of methoxy groups -OCH3 is 1. The van der Waals surface area contributed by atoms with E-state index in [4.69, 9.17) is 4.74 Å². The molecule has 20 rings (SSSR count). The van der Waals surface area contributed by atoms with Crippen LogP contribution in [-0.2, 0) is 63.6 Å². The lowest BCUT2D eigenvalue weighted by Crippen LogP contribution is -2.14. The predicted molar refractivity (Wildman–Crippen MR) is 524 cm³/mol. The van der Waals surface area contributed by atoms with E-state index in [1.807, 2.05) is 134 Å². The Bertz CT molecular complexity index is 7620. The van der Waals surface area contributed by atoms with Crippen LogP contribution in [0.25, 0.3) is 54.5 Å². The zero-order valence-corrected chi connectivity index (χ0v) is 77.5. The molecule has 744 valence electrons. The van der Waals surface area contributed by atoms with Crippen LogP contribution in [-0.4, -0.2) is 105 Å². The van der Waals surface area contributed by atoms with Crippen LogP contribution in [0.1, 0.15) is 113 Å². The Morgan fingerprint density at radius 3 is 0.878 bits per heavy atom. The lowest BCUT2D eigenvalue weighted by atomic mass is 10.1. The lowest BCUT2D eigenvalue weighted by molar-refractivity contribution is -0.138. The third-order valence-electron chi connectivity index (χ3n) is 22.6. The van der Waals surface area contributed by atoms with Crippen molar-refractivity contribution in [3.63, 3.8) is 0 Å². The second kappa shape index (κ2) is 44.2. The first-order chi connectivity index (χ1) is 70.4. The number of rotatable bonds is 21. The van der Waals surface area contributed by atoms with Crippen LogP contribution >= 0.6 is 11.3 Å². The number of thiophene rings is 1. The third kappa shape index (κ3) is 25.2. The average molecular weight is 2030 g/mol. The molecule has 0 saturated carbocycles. The summed E-state index contributed by atoms with van der Waals surface area (Å²) in [5, 5.41) is 43.3. The molecular formula is C106H78F15N19O6S. The van der Waals surface area contributed by atoms with E-state index >= 15 is 0 Å². The molecule has 0 unspecified atom stereocenters. The van der Waals surface area contributed by atoms with E-state index in [0.29, 0.717) is 84.7 Å². The number of hydrogen-bond donors (Lipinski definition) is 5. The summed E-state index contributed by atoms with van der Waals surface area (Å²) in [6.07, 6.45) is -13.1. The van der Waals surface area contributed by atoms with Crippen molar-refractivity contribution in [2.45, 2.75) is 70.5 Å². The highest BCUT2D eigenvalue weighted by atomic mass is 32.1. The molecule has 20 aromatic rings. The van der Waals surface area contributed by atoms with E-state index < -0.39 is 70.5 Å². The number of nitrogens with zero attached hydrogens (tertiary/aromatic N) is 14. The van der Waals surface area contributed by atoms with Gasteiger partial charge in [-0.05, 0) is 192 Å². The first-order valence-corrected chi connectivity index (χ1v) is 45.3. The number of hydrogen-bond acceptors (Lipinski definition) is 16. The summed E-state index contributed by atoms with van der Waals surface area (Å²) in [6.45, 7) is 3.17. The summed E-state index contributed by atoms with van der Waals surface area (Å²) >= 11 is 1.35. The molecule has 0 bridgehead atoms. The van der Waals surface area contributed by atoms with E-state index in [-0.39, 0.29) is 61.8 Å². The summed E-state index contributed by atoms with van der Waals surface area (Å²) in [5.41, 5.74) is 6.21. The van der Waals surface area contributed by atoms with Crippen LogP contribution in [0.3, 0.4) is 0 Å². The van der Waals surface area contributed by atoms with E-state index in [2.05, 4.69) is 72.0 Å². The maximum atomic E-state index is 12.8. The molecule has 0 radical (unpaired) electrons. The van der Waals surface area contributed by atoms with Gasteiger partial charge in [-0.2, -0.15) is 91.3 Å². The molecule has 0 spiro atoms. The van der Waals surface area contributed by atoms with Crippen LogP contribution in [0.5, 0.6) is 5.75 Å². The van der Waals surface area contributed by atoms with Crippen molar-refractivity contribution in [3.8, 4) is 5.75 Å². The highest BCUT2D eigenvalue weighted by Crippen LogP contribution is 2.38. The molecule has 41 heteroatoms. The Hall–Kier alpha value is -18.1. The number of benzene rings is 11. The Kier molecular flexibility index (Phi) is 30.6. The van der Waals surface area contributed by atoms with Gasteiger partial charge in [0.1, 0.15) is 17.1 Å². The highest BCUT2D eigenvalue weighted by molar-refractivity contribution is 7.08. The molecular weight excluding hydrogens is 1950 g/mol. The van der Waals surface area contributed by atoms with Gasteiger partial charge in [0.2, 0.25) is 0 Å². The molecule has 0 aliphatic rings. The molecule has 25 nitrogen and oxygen atoms in total. The van der Waals surface area contributed by atoms with E-state index in [1.54, 1.807) is 88.9 Å². The van der Waals surface area contributed by atoms with Gasteiger partial charge in [0.15, 0.2) is 29.1 Å². The number of para-hydroxylation sites is 5. The van der Waals surface area contributed by atoms with Crippen LogP contribution in [0.4, 0.5) is 94.9 Å². The molecule has 147 heavy (non-hydrogen) atoms. The highest BCUT2D eigenvalue weighted by Gasteiger charge is 2.35. The van der Waals surface area contributed by atoms with Crippen LogP contribution in [0.2, 0.25) is 0 Å². The number of carbonyl (C=O) groups is 5. The molecule has 9 heterocycles. The summed E-state index contributed by atoms with van der Waals surface area (Å²) < 4.78 is 205. The van der Waals surface area contributed by atoms with Crippen molar-refractivity contribution >= 4 is 124 Å². The van der Waals surface area contributed by atoms with Gasteiger partial charge in [-0.3, -0.25) is 62.3 Å². The number of aryl methyl sites for hydroxylation is 1. The van der Waals surface area contributed by atoms with Gasteiger partial charge in [0.25, 0.3) is 29.5 Å². The molecule has 0 aliphatic carbocycles. The summed E-state index contributed by atoms with van der Waals surface area (Å²) in [7, 11) is 1.49. The number of aromatic nitrogens is 14. The standard InChI is InChI=1S/C23H18F3N3O.2C21H15F3N4O.C21H16F3N3O2S.C20H14F3N5O/c1-15-6-2-3-7-18(15)22(30)27-21-19-8-4-5-9-20(19)29(28-21)14-16-10-12-17(13-11-16)23(24,25)26;22-21(23,24)15-10-8-14(9-11-15)13-28-18-7-2-1-5-16(18)19(27-28)26-20(29)17-6-3-4-12-25-17;22-21(23,24)16-9-7-14(8-10-16)13-28-18-6-2-1-5-17(18)19(27-28)26-20(29)15-4-3-11-25-12-15;1-29-18-12-30-11-16(18)20(28)25-19-15-4-2-3-5-17(15)27(26-19)10-13-6-8-14(9-7-13)21(22,23)24;21-20(22,23)14-7-5-13(6-8-14)12-28-17-4-2-1-3-15(17)18(27-28)26-19(29)16-11-24-9-10-25-16/h2-13H,14H2,1H3,(H,27,28,30);2*1-12H,13H2,(H,26,27,29);2-9,11-12H,10H2,1H3,(H,25,26,28);1-11H,12H2,(H,26,27,29). The fourth-order valence-corrected chi connectivity index (χ4v) is 16.1. The molecule has 0 fully saturated rings. The van der Waals surface area contributed by atoms with Crippen molar-refractivity contribution in [2.24, 2.45) is 0 Å². The molecule has 9 aromatic heterocycles. The maximum absolute atomic E-state index is 12.8. The predicted octanol–water partition coefficient (Wildman–Crippen LogP) is 24.7. The molecule has 0 atom stereocenters. The normalized spacial score (nSPS) is 11.6. The van der Waals surface area contributed by atoms with Gasteiger partial charge in [-0.15, -0.1) is 11.3 Å². The Labute approximate surface area is 828 Å². The quantitative estimate of drug-likeness (QED) is 0.0418. The summed E-state index contributed by atoms with van der Waals surface area (Å²) in [4.78, 5) is 78.4. The van der Waals surface area contributed by atoms with Crippen LogP contribution < -0.4 is 31.3 Å². The molecule has 0 saturated heterocycles. The number of anilines is 5. The minimum Gasteiger partial charge on any atom is -0.495 e. The van der Waals surface area contributed by atoms with Gasteiger partial charge < -0.3 is 31.3 Å². The first-order valence-electron chi connectivity index (χ1n) is 44.3. The molecule has 0 aliphatic heterocycles. The number of ether oxygens (including phenoxy) is 1. The average Bonchev–Trinajstić information content (AvgIpc) is 1.65. The molecule has 5 amide bonds. The van der Waals surface area contributed by atoms with Gasteiger partial charge in [0, 0.05) is 74.2 Å². The monoisotopic (exact) mass is 2030 g/mol. The van der Waals surface area contributed by atoms with Crippen molar-refractivity contribution in [2.75, 3.05) is 33.7 Å². The number of alkyl halides is 15. The van der Waals surface area contributed by atoms with Crippen molar-refractivity contribution in [1.29, 1.82) is 0 Å². The number of nitrogens with one attached hydrogen (secondary N) is 5. The van der Waals surface area contributed by atoms with E-state index in [9.17, 15) is 89.8 Å². The molecule has 11 aromatic carbocycles. The van der Waals surface area contributed by atoms with Gasteiger partial charge >= 0.3 is 30.9 Å². The Morgan fingerprint density at radius 1 is 0.286 bits per heavy atom. The number of amides is 5. The fourth-order valence-electron chi connectivity index (χ4n) is 15.3. The van der Waals surface area contributed by atoms with Crippen molar-refractivity contribution < 1.29 is 94.6 Å². The lowest BCUT2D eigenvalue weighted by Gasteiger charge is -2.08. The number of halogens is 15. The second-order valence-electron chi connectivity index (χ2n) is 32.6. The number of carbonyl (C=O) groups excluding carboxylic acids is 5. The SMILES string of the molecule is COc1cscc1C(=O)Nc1nn(Cc2ccc(C(F)(F)F)cc2)c2ccccc12.Cc1ccccc1C(=O)Nc1nn(Cc2ccc(C(F)(F)F)cc2)c2ccccc12.O=C(Nc1nn(Cc2ccc(C(F)(F)F)cc2)c2ccccc12)c1ccccn1.O=C(Nc1nn(Cc2ccc(C(F)(F)F)cc2)c2ccccc12)c1cccnc1.O=C(Nc1nn(Cc2ccc(C(F)(F)F)cc2)c2ccccc12)c1cnccn1. The summed E-state index contributed by atoms with van der Waals surface area (Å²) in [5.74, 6) is 0.526. The van der Waals surface area contributed by atoms with Gasteiger partial charge in [-0.1, -0.05) is 146 Å². The fraction of sp³-hybridized carbons (Fsp3) is 0.113. The van der Waals surface area contributed by atoms with Crippen molar-refractivity contribution in [1.82, 2.24) is 68.8 Å². The smallest absolute Gasteiger partial charge is 0.416 e. The van der Waals surface area contributed by atoms with Gasteiger partial charge in [0.05, 0.1) is 113 Å². The van der Waals surface area contributed by atoms with Crippen LogP contribution in [0.15, 0.2) is 345 Å². The zero-order chi connectivity index (χ0) is 104. The largest absolute Gasteiger partial charge is 0.495 e. The topological polar surface area (TPSA) is 295 Å². The van der Waals surface area contributed by atoms with Crippen LogP contribution in [0, 0.1) is 6.92 Å². The minimum absolute atomic E-state index is 0.147. The van der Waals surface area contributed by atoms with Gasteiger partial charge in [-0.25, -0.2) is 4.98 Å². The van der Waals surface area contributed by atoms with E-state index in [0.717, 1.165) is 115 Å². The van der Waals surface area contributed by atoms with E-state index in [1.165, 1.54) is 110 Å². The maximum Gasteiger partial charge on any atom is 0.416 e. The third-order valence-corrected chi connectivity index (χ3v) is 23.3. The second-order valence-corrected chi connectivity index (χ2v) is 33.3. The number of fused-ring (bicyclic) bond motifs is 5. The Morgan fingerprint density at radius 2 is 0.578 bits per heavy atom. The van der Waals surface area contributed by atoms with Crippen molar-refractivity contribution in [3.05, 3.63) is 434 Å². The Balaban J connectivity index is 0.000000131. The number of pyridine rings is 2. The minimum atomic E-state index is -4.38. The molecule has 5 N–H and O–H groups in total. The zero-order valence-electron chi connectivity index (χ0n) is 76.7. The summed E-state index contributed by atoms with van der Waals surface area (Å²) in [6, 6.07) is 76.9.